The summed E-state index contributed by atoms with van der Waals surface area (Å²) in [4.78, 5) is 22.5. The Kier molecular flexibility index (Phi) is 4.08. The Labute approximate surface area is 119 Å². The summed E-state index contributed by atoms with van der Waals surface area (Å²) in [6, 6.07) is 0. The van der Waals surface area contributed by atoms with Crippen LogP contribution in [0.4, 0.5) is 17.5 Å². The number of rotatable bonds is 5. The highest BCUT2D eigenvalue weighted by molar-refractivity contribution is 7.09. The summed E-state index contributed by atoms with van der Waals surface area (Å²) in [6.07, 6.45) is 0.657. The Hall–Kier alpha value is -2.29. The van der Waals surface area contributed by atoms with Crippen LogP contribution in [0.5, 0.6) is 0 Å². The number of nitrogens with one attached hydrogen (secondary N) is 1. The van der Waals surface area contributed by atoms with Gasteiger partial charge in [0.2, 0.25) is 11.8 Å². The van der Waals surface area contributed by atoms with Crippen molar-refractivity contribution < 1.29 is 4.92 Å². The molecule has 2 rings (SSSR count). The van der Waals surface area contributed by atoms with Crippen LogP contribution in [0.3, 0.4) is 0 Å². The Morgan fingerprint density at radius 3 is 2.75 bits per heavy atom. The van der Waals surface area contributed by atoms with Gasteiger partial charge in [-0.1, -0.05) is 0 Å². The third kappa shape index (κ3) is 3.18. The molecule has 0 aliphatic carbocycles. The predicted molar refractivity (Wildman–Crippen MR) is 76.9 cm³/mol. The first-order chi connectivity index (χ1) is 9.47. The Morgan fingerprint density at radius 1 is 1.40 bits per heavy atom. The summed E-state index contributed by atoms with van der Waals surface area (Å²) in [6.45, 7) is 3.95. The Bertz CT molecular complexity index is 642. The summed E-state index contributed by atoms with van der Waals surface area (Å²) >= 11 is 1.57. The van der Waals surface area contributed by atoms with Gasteiger partial charge in [0.25, 0.3) is 0 Å². The highest BCUT2D eigenvalue weighted by atomic mass is 32.1. The molecule has 0 atom stereocenters. The summed E-state index contributed by atoms with van der Waals surface area (Å²) in [7, 11) is 0. The van der Waals surface area contributed by atoms with E-state index in [-0.39, 0.29) is 23.1 Å². The van der Waals surface area contributed by atoms with Crippen LogP contribution in [0.1, 0.15) is 16.4 Å². The van der Waals surface area contributed by atoms with E-state index in [0.717, 1.165) is 10.7 Å². The van der Waals surface area contributed by atoms with Crippen LogP contribution in [-0.4, -0.2) is 26.4 Å². The van der Waals surface area contributed by atoms with Gasteiger partial charge in [-0.05, 0) is 13.8 Å². The number of anilines is 2. The molecule has 3 N–H and O–H groups in total. The van der Waals surface area contributed by atoms with Gasteiger partial charge in [0.1, 0.15) is 5.69 Å². The number of aryl methyl sites for hydroxylation is 2. The second-order valence-electron chi connectivity index (χ2n) is 4.16. The summed E-state index contributed by atoms with van der Waals surface area (Å²) in [5.41, 5.74) is 6.57. The van der Waals surface area contributed by atoms with Gasteiger partial charge >= 0.3 is 5.69 Å². The van der Waals surface area contributed by atoms with Gasteiger partial charge < -0.3 is 11.1 Å². The molecule has 8 nitrogen and oxygen atoms in total. The van der Waals surface area contributed by atoms with E-state index in [1.807, 2.05) is 12.3 Å². The number of thiazole rings is 1. The van der Waals surface area contributed by atoms with Crippen LogP contribution >= 0.6 is 11.3 Å². The number of hydrogen-bond donors (Lipinski definition) is 2. The second-order valence-corrected chi connectivity index (χ2v) is 5.22. The molecule has 0 aromatic carbocycles. The first-order valence-electron chi connectivity index (χ1n) is 5.90. The van der Waals surface area contributed by atoms with E-state index in [4.69, 9.17) is 5.73 Å². The fourth-order valence-corrected chi connectivity index (χ4v) is 2.41. The maximum Gasteiger partial charge on any atom is 0.332 e. The van der Waals surface area contributed by atoms with Crippen molar-refractivity contribution in [3.8, 4) is 0 Å². The first-order valence-corrected chi connectivity index (χ1v) is 6.78. The Morgan fingerprint density at radius 2 is 2.15 bits per heavy atom. The molecule has 0 saturated carbocycles. The van der Waals surface area contributed by atoms with Crippen molar-refractivity contribution >= 4 is 28.8 Å². The molecule has 0 unspecified atom stereocenters. The number of aromatic nitrogens is 3. The van der Waals surface area contributed by atoms with Crippen molar-refractivity contribution in [3.63, 3.8) is 0 Å². The molecule has 0 fully saturated rings. The van der Waals surface area contributed by atoms with Gasteiger partial charge in [0, 0.05) is 18.3 Å². The van der Waals surface area contributed by atoms with Crippen LogP contribution < -0.4 is 11.1 Å². The molecule has 0 spiro atoms. The van der Waals surface area contributed by atoms with E-state index < -0.39 is 4.92 Å². The second kappa shape index (κ2) is 5.78. The average molecular weight is 294 g/mol. The van der Waals surface area contributed by atoms with Crippen molar-refractivity contribution in [2.75, 3.05) is 17.6 Å². The molecule has 2 heterocycles. The van der Waals surface area contributed by atoms with Crippen molar-refractivity contribution in [1.29, 1.82) is 0 Å². The molecular weight excluding hydrogens is 280 g/mol. The topological polar surface area (TPSA) is 120 Å². The number of nitrogens with zero attached hydrogens (tertiary/aromatic N) is 4. The van der Waals surface area contributed by atoms with Crippen LogP contribution in [0.2, 0.25) is 0 Å². The maximum atomic E-state index is 11.0. The fraction of sp³-hybridized carbons (Fsp3) is 0.364. The highest BCUT2D eigenvalue weighted by Gasteiger charge is 2.21. The lowest BCUT2D eigenvalue weighted by molar-refractivity contribution is -0.385. The van der Waals surface area contributed by atoms with Crippen molar-refractivity contribution in [1.82, 2.24) is 15.0 Å². The fourth-order valence-electron chi connectivity index (χ4n) is 1.76. The third-order valence-electron chi connectivity index (χ3n) is 2.60. The van der Waals surface area contributed by atoms with Crippen LogP contribution in [-0.2, 0) is 6.42 Å². The van der Waals surface area contributed by atoms with Crippen molar-refractivity contribution in [2.24, 2.45) is 0 Å². The van der Waals surface area contributed by atoms with Gasteiger partial charge in [-0.3, -0.25) is 10.1 Å². The molecule has 0 amide bonds. The average Bonchev–Trinajstić information content (AvgIpc) is 2.73. The molecular formula is C11H14N6O2S. The number of hydrogen-bond acceptors (Lipinski definition) is 8. The largest absolute Gasteiger partial charge is 0.368 e. The van der Waals surface area contributed by atoms with Gasteiger partial charge in [0.15, 0.2) is 0 Å². The highest BCUT2D eigenvalue weighted by Crippen LogP contribution is 2.25. The SMILES string of the molecule is Cc1nc(CCNc2nc(N)nc(C)c2[N+](=O)[O-])cs1. The molecule has 0 aliphatic rings. The number of nitrogens with two attached hydrogens (primary N) is 1. The monoisotopic (exact) mass is 294 g/mol. The third-order valence-corrected chi connectivity index (χ3v) is 3.42. The molecule has 0 radical (unpaired) electrons. The Balaban J connectivity index is 2.10. The summed E-state index contributed by atoms with van der Waals surface area (Å²) in [5.74, 6) is 0.159. The van der Waals surface area contributed by atoms with Gasteiger partial charge in [-0.2, -0.15) is 4.98 Å². The lowest BCUT2D eigenvalue weighted by Crippen LogP contribution is -2.12. The van der Waals surface area contributed by atoms with Crippen LogP contribution in [0.25, 0.3) is 0 Å². The molecule has 106 valence electrons. The molecule has 20 heavy (non-hydrogen) atoms. The molecule has 9 heteroatoms. The van der Waals surface area contributed by atoms with E-state index in [0.29, 0.717) is 13.0 Å². The van der Waals surface area contributed by atoms with E-state index in [1.165, 1.54) is 6.92 Å². The zero-order valence-corrected chi connectivity index (χ0v) is 11.9. The van der Waals surface area contributed by atoms with E-state index in [2.05, 4.69) is 20.3 Å². The molecule has 0 bridgehead atoms. The normalized spacial score (nSPS) is 10.5. The quantitative estimate of drug-likeness (QED) is 0.636. The maximum absolute atomic E-state index is 11.0. The lowest BCUT2D eigenvalue weighted by Gasteiger charge is -2.07. The van der Waals surface area contributed by atoms with E-state index >= 15 is 0 Å². The van der Waals surface area contributed by atoms with Crippen molar-refractivity contribution in [3.05, 3.63) is 31.9 Å². The van der Waals surface area contributed by atoms with Crippen molar-refractivity contribution in [2.45, 2.75) is 20.3 Å². The first kappa shape index (κ1) is 14.1. The van der Waals surface area contributed by atoms with Gasteiger partial charge in [-0.25, -0.2) is 9.97 Å². The van der Waals surface area contributed by atoms with E-state index in [9.17, 15) is 10.1 Å². The molecule has 0 aliphatic heterocycles. The molecule has 0 saturated heterocycles. The van der Waals surface area contributed by atoms with Crippen LogP contribution in [0.15, 0.2) is 5.38 Å². The minimum Gasteiger partial charge on any atom is -0.368 e. The zero-order valence-electron chi connectivity index (χ0n) is 11.1. The van der Waals surface area contributed by atoms with Gasteiger partial charge in [0.05, 0.1) is 15.6 Å². The summed E-state index contributed by atoms with van der Waals surface area (Å²) in [5, 5.41) is 16.9. The molecule has 2 aromatic heterocycles. The number of nitrogen functional groups attached to an aromatic ring is 1. The zero-order chi connectivity index (χ0) is 14.7. The minimum atomic E-state index is -0.510. The predicted octanol–water partition coefficient (Wildman–Crippen LogP) is 1.69. The van der Waals surface area contributed by atoms with Gasteiger partial charge in [-0.15, -0.1) is 11.3 Å². The molecule has 2 aromatic rings. The van der Waals surface area contributed by atoms with E-state index in [1.54, 1.807) is 11.3 Å². The lowest BCUT2D eigenvalue weighted by atomic mass is 10.3. The smallest absolute Gasteiger partial charge is 0.332 e. The standard InChI is InChI=1S/C11H14N6O2S/c1-6-9(17(18)19)10(16-11(12)14-6)13-4-3-8-5-20-7(2)15-8/h5H,3-4H2,1-2H3,(H3,12,13,14,16). The van der Waals surface area contributed by atoms with Crippen LogP contribution in [0, 0.1) is 24.0 Å². The number of nitro groups is 1. The summed E-state index contributed by atoms with van der Waals surface area (Å²) < 4.78 is 0. The minimum absolute atomic E-state index is 0.0140.